The Morgan fingerprint density at radius 3 is 2.41 bits per heavy atom. The van der Waals surface area contributed by atoms with Gasteiger partial charge in [-0.05, 0) is 50.2 Å². The third-order valence-electron chi connectivity index (χ3n) is 6.76. The molecule has 0 amide bonds. The zero-order valence-electron chi connectivity index (χ0n) is 22.2. The van der Waals surface area contributed by atoms with Gasteiger partial charge in [0.2, 0.25) is 5.16 Å². The minimum atomic E-state index is -4.18. The molecule has 1 aliphatic rings. The summed E-state index contributed by atoms with van der Waals surface area (Å²) in [7, 11) is -2.96. The molecule has 206 valence electrons. The largest absolute Gasteiger partial charge is 0.497 e. The van der Waals surface area contributed by atoms with Crippen LogP contribution in [0.3, 0.4) is 0 Å². The zero-order chi connectivity index (χ0) is 27.7. The molecule has 1 unspecified atom stereocenters. The molecule has 1 aliphatic heterocycles. The molecule has 2 aromatic heterocycles. The van der Waals surface area contributed by atoms with Crippen LogP contribution in [-0.2, 0) is 31.3 Å². The molecular weight excluding hydrogens is 540 g/mol. The number of ether oxygens (including phenoxy) is 3. The van der Waals surface area contributed by atoms with Gasteiger partial charge in [-0.2, -0.15) is 0 Å². The fraction of sp³-hybridized carbons (Fsp3) is 0.333. The van der Waals surface area contributed by atoms with E-state index in [-0.39, 0.29) is 21.3 Å². The van der Waals surface area contributed by atoms with E-state index in [2.05, 4.69) is 14.9 Å². The average Bonchev–Trinajstić information content (AvgIpc) is 3.35. The van der Waals surface area contributed by atoms with Gasteiger partial charge in [0.1, 0.15) is 11.5 Å². The molecule has 10 nitrogen and oxygen atoms in total. The number of fused-ring (bicyclic) bond motifs is 1. The Kier molecular flexibility index (Phi) is 7.61. The van der Waals surface area contributed by atoms with Gasteiger partial charge >= 0.3 is 0 Å². The van der Waals surface area contributed by atoms with Crippen LogP contribution < -0.4 is 14.4 Å². The average molecular weight is 571 g/mol. The van der Waals surface area contributed by atoms with Gasteiger partial charge < -0.3 is 19.1 Å². The van der Waals surface area contributed by atoms with E-state index in [1.54, 1.807) is 55.8 Å². The Labute approximate surface area is 230 Å². The van der Waals surface area contributed by atoms with Crippen molar-refractivity contribution in [1.29, 1.82) is 0 Å². The topological polar surface area (TPSA) is 113 Å². The highest BCUT2D eigenvalue weighted by Crippen LogP contribution is 2.31. The van der Waals surface area contributed by atoms with Crippen molar-refractivity contribution in [2.24, 2.45) is 0 Å². The maximum Gasteiger partial charge on any atom is 0.270 e. The van der Waals surface area contributed by atoms with E-state index in [1.807, 2.05) is 13.8 Å². The predicted octanol–water partition coefficient (Wildman–Crippen LogP) is 3.45. The molecule has 0 bridgehead atoms. The Morgan fingerprint density at radius 2 is 1.74 bits per heavy atom. The summed E-state index contributed by atoms with van der Waals surface area (Å²) in [6.07, 6.45) is 1.65. The van der Waals surface area contributed by atoms with Crippen LogP contribution in [0.5, 0.6) is 11.5 Å². The number of aromatic nitrogens is 3. The summed E-state index contributed by atoms with van der Waals surface area (Å²) in [6, 6.07) is 11.6. The van der Waals surface area contributed by atoms with Gasteiger partial charge in [0.15, 0.2) is 0 Å². The highest BCUT2D eigenvalue weighted by atomic mass is 32.2. The Balaban J connectivity index is 1.59. The first kappa shape index (κ1) is 27.1. The number of pyridine rings is 1. The first-order valence-electron chi connectivity index (χ1n) is 12.4. The fourth-order valence-electron chi connectivity index (χ4n) is 4.68. The number of hydrogen-bond donors (Lipinski definition) is 0. The Hall–Kier alpha value is -3.48. The number of morpholine rings is 1. The monoisotopic (exact) mass is 570 g/mol. The van der Waals surface area contributed by atoms with Crippen LogP contribution in [0.4, 0.5) is 5.69 Å². The molecule has 5 rings (SSSR count). The van der Waals surface area contributed by atoms with Crippen molar-refractivity contribution in [3.05, 3.63) is 65.5 Å². The van der Waals surface area contributed by atoms with Gasteiger partial charge in [-0.25, -0.2) is 17.4 Å². The van der Waals surface area contributed by atoms with Gasteiger partial charge in [0.25, 0.3) is 10.0 Å². The lowest BCUT2D eigenvalue weighted by atomic mass is 10.1. The zero-order valence-corrected chi connectivity index (χ0v) is 23.8. The summed E-state index contributed by atoms with van der Waals surface area (Å²) >= 11 is 0. The summed E-state index contributed by atoms with van der Waals surface area (Å²) in [5.74, 6) is 1.08. The van der Waals surface area contributed by atoms with E-state index in [1.165, 1.54) is 7.11 Å². The number of imidazole rings is 1. The van der Waals surface area contributed by atoms with Crippen molar-refractivity contribution in [2.75, 3.05) is 45.4 Å². The van der Waals surface area contributed by atoms with Crippen molar-refractivity contribution in [3.63, 3.8) is 0 Å². The number of hydrogen-bond acceptors (Lipinski definition) is 9. The molecule has 1 fully saturated rings. The van der Waals surface area contributed by atoms with Crippen LogP contribution in [0.2, 0.25) is 0 Å². The number of rotatable bonds is 8. The lowest BCUT2D eigenvalue weighted by Gasteiger charge is -2.28. The van der Waals surface area contributed by atoms with Gasteiger partial charge in [-0.3, -0.25) is 9.19 Å². The third-order valence-corrected chi connectivity index (χ3v) is 9.81. The standard InChI is InChI=1S/C27H30N4O6S2/c1-18-16-28-24(19(2)26(18)36-4)17-38(32)27-29-23-10-7-21(35-3)15-25(23)31(27)39(33,34)22-8-5-20(6-9-22)30-11-13-37-14-12-30/h5-10,15-16H,11-14,17H2,1-4H3. The van der Waals surface area contributed by atoms with Crippen molar-refractivity contribution >= 4 is 37.5 Å². The summed E-state index contributed by atoms with van der Waals surface area (Å²) in [6.45, 7) is 6.44. The number of methoxy groups -OCH3 is 2. The molecule has 0 N–H and O–H groups in total. The van der Waals surface area contributed by atoms with Crippen LogP contribution >= 0.6 is 0 Å². The van der Waals surface area contributed by atoms with Crippen molar-refractivity contribution in [1.82, 2.24) is 13.9 Å². The molecule has 4 aromatic rings. The van der Waals surface area contributed by atoms with Crippen LogP contribution in [0.1, 0.15) is 16.8 Å². The molecule has 1 saturated heterocycles. The van der Waals surface area contributed by atoms with Crippen LogP contribution in [0.15, 0.2) is 58.7 Å². The molecule has 1 atom stereocenters. The van der Waals surface area contributed by atoms with Gasteiger partial charge in [0.05, 0.1) is 65.6 Å². The molecule has 0 aliphatic carbocycles. The summed E-state index contributed by atoms with van der Waals surface area (Å²) in [5, 5.41) is -0.0868. The molecule has 0 spiro atoms. The van der Waals surface area contributed by atoms with Crippen molar-refractivity contribution < 1.29 is 26.8 Å². The molecule has 2 aromatic carbocycles. The van der Waals surface area contributed by atoms with E-state index < -0.39 is 20.8 Å². The second-order valence-electron chi connectivity index (χ2n) is 9.15. The minimum Gasteiger partial charge on any atom is -0.497 e. The first-order valence-corrected chi connectivity index (χ1v) is 15.1. The van der Waals surface area contributed by atoms with Crippen molar-refractivity contribution in [2.45, 2.75) is 29.7 Å². The first-order chi connectivity index (χ1) is 18.7. The summed E-state index contributed by atoms with van der Waals surface area (Å²) in [4.78, 5) is 11.2. The predicted molar refractivity (Wildman–Crippen MR) is 149 cm³/mol. The number of aryl methyl sites for hydroxylation is 1. The molecular formula is C27H30N4O6S2. The quantitative estimate of drug-likeness (QED) is 0.314. The second kappa shape index (κ2) is 10.9. The normalized spacial score (nSPS) is 14.9. The molecule has 39 heavy (non-hydrogen) atoms. The van der Waals surface area contributed by atoms with E-state index in [0.717, 1.165) is 33.9 Å². The highest BCUT2D eigenvalue weighted by Gasteiger charge is 2.29. The van der Waals surface area contributed by atoms with E-state index in [4.69, 9.17) is 14.2 Å². The van der Waals surface area contributed by atoms with Gasteiger partial charge in [-0.1, -0.05) is 0 Å². The minimum absolute atomic E-state index is 0.0333. The SMILES string of the molecule is COc1ccc2nc(S(=O)Cc3ncc(C)c(OC)c3C)n(S(=O)(=O)c3ccc(N4CCOCC4)cc3)c2c1. The Morgan fingerprint density at radius 1 is 1.03 bits per heavy atom. The number of anilines is 1. The molecule has 12 heteroatoms. The van der Waals surface area contributed by atoms with Crippen LogP contribution in [0, 0.1) is 13.8 Å². The van der Waals surface area contributed by atoms with Crippen molar-refractivity contribution in [3.8, 4) is 11.5 Å². The molecule has 0 saturated carbocycles. The summed E-state index contributed by atoms with van der Waals surface area (Å²) < 4.78 is 59.2. The maximum absolute atomic E-state index is 14.1. The van der Waals surface area contributed by atoms with Gasteiger partial charge in [-0.15, -0.1) is 0 Å². The lowest BCUT2D eigenvalue weighted by molar-refractivity contribution is 0.122. The van der Waals surface area contributed by atoms with Crippen LogP contribution in [0.25, 0.3) is 11.0 Å². The third kappa shape index (κ3) is 5.11. The smallest absolute Gasteiger partial charge is 0.270 e. The fourth-order valence-corrected chi connectivity index (χ4v) is 7.71. The molecule has 3 heterocycles. The second-order valence-corrected chi connectivity index (χ2v) is 12.3. The number of benzene rings is 2. The maximum atomic E-state index is 14.1. The van der Waals surface area contributed by atoms with E-state index >= 15 is 0 Å². The van der Waals surface area contributed by atoms with E-state index in [9.17, 15) is 12.6 Å². The van der Waals surface area contributed by atoms with E-state index in [0.29, 0.717) is 35.9 Å². The highest BCUT2D eigenvalue weighted by molar-refractivity contribution is 7.91. The molecule has 0 radical (unpaired) electrons. The Bertz CT molecular complexity index is 1650. The summed E-state index contributed by atoms with van der Waals surface area (Å²) in [5.41, 5.74) is 3.72. The number of nitrogens with zero attached hydrogens (tertiary/aromatic N) is 4. The lowest BCUT2D eigenvalue weighted by Crippen LogP contribution is -2.36. The van der Waals surface area contributed by atoms with Gasteiger partial charge in [0, 0.05) is 42.2 Å². The van der Waals surface area contributed by atoms with Crippen LogP contribution in [-0.4, -0.2) is 67.1 Å².